The normalized spacial score (nSPS) is 28.4. The van der Waals surface area contributed by atoms with E-state index in [4.69, 9.17) is 0 Å². The minimum absolute atomic E-state index is 0.0546. The van der Waals surface area contributed by atoms with Crippen molar-refractivity contribution in [3.63, 3.8) is 0 Å². The van der Waals surface area contributed by atoms with Crippen LogP contribution in [0, 0.1) is 5.41 Å². The summed E-state index contributed by atoms with van der Waals surface area (Å²) in [6, 6.07) is 3.61. The molecule has 0 bridgehead atoms. The molecular weight excluding hydrogens is 324 g/mol. The lowest BCUT2D eigenvalue weighted by Crippen LogP contribution is -2.58. The number of alkyl halides is 2. The maximum Gasteiger partial charge on any atom is 0.257 e. The highest BCUT2D eigenvalue weighted by Crippen LogP contribution is 2.50. The second-order valence-corrected chi connectivity index (χ2v) is 8.61. The molecule has 0 N–H and O–H groups in total. The van der Waals surface area contributed by atoms with Gasteiger partial charge in [0.05, 0.1) is 23.1 Å². The van der Waals surface area contributed by atoms with Gasteiger partial charge in [0.15, 0.2) is 0 Å². The molecule has 1 aromatic heterocycles. The molecule has 0 radical (unpaired) electrons. The van der Waals surface area contributed by atoms with Crippen molar-refractivity contribution < 1.29 is 17.2 Å². The molecule has 3 heterocycles. The van der Waals surface area contributed by atoms with Crippen molar-refractivity contribution in [3.8, 4) is 0 Å². The molecule has 2 fully saturated rings. The summed E-state index contributed by atoms with van der Waals surface area (Å²) in [5.41, 5.74) is -0.515. The van der Waals surface area contributed by atoms with Gasteiger partial charge in [-0.15, -0.1) is 0 Å². The highest BCUT2D eigenvalue weighted by atomic mass is 32.2. The van der Waals surface area contributed by atoms with Crippen LogP contribution in [0.5, 0.6) is 0 Å². The molecule has 2 aliphatic rings. The molecule has 3 rings (SSSR count). The third kappa shape index (κ3) is 2.82. The van der Waals surface area contributed by atoms with Crippen molar-refractivity contribution in [2.45, 2.75) is 25.7 Å². The van der Waals surface area contributed by atoms with Gasteiger partial charge in [0, 0.05) is 38.8 Å². The van der Waals surface area contributed by atoms with Crippen LogP contribution in [-0.2, 0) is 10.0 Å². The smallest absolute Gasteiger partial charge is 0.257 e. The van der Waals surface area contributed by atoms with E-state index >= 15 is 0 Å². The van der Waals surface area contributed by atoms with Gasteiger partial charge >= 0.3 is 0 Å². The Morgan fingerprint density at radius 1 is 1.26 bits per heavy atom. The number of pyridine rings is 1. The predicted molar refractivity (Wildman–Crippen MR) is 84.1 cm³/mol. The Kier molecular flexibility index (Phi) is 4.08. The fourth-order valence-electron chi connectivity index (χ4n) is 3.54. The summed E-state index contributed by atoms with van der Waals surface area (Å²) in [6.07, 6.45) is 3.17. The topological polar surface area (TPSA) is 53.5 Å². The molecule has 1 aromatic rings. The fraction of sp³-hybridized carbons (Fsp3) is 0.667. The van der Waals surface area contributed by atoms with Crippen molar-refractivity contribution >= 4 is 15.7 Å². The lowest BCUT2D eigenvalue weighted by molar-refractivity contribution is -0.145. The van der Waals surface area contributed by atoms with E-state index in [0.717, 1.165) is 5.69 Å². The van der Waals surface area contributed by atoms with Crippen LogP contribution in [0.25, 0.3) is 0 Å². The molecule has 2 aliphatic heterocycles. The third-order valence-electron chi connectivity index (χ3n) is 5.05. The Morgan fingerprint density at radius 2 is 2.04 bits per heavy atom. The summed E-state index contributed by atoms with van der Waals surface area (Å²) in [5.74, 6) is -2.91. The van der Waals surface area contributed by atoms with Crippen LogP contribution >= 0.6 is 0 Å². The summed E-state index contributed by atoms with van der Waals surface area (Å²) in [6.45, 7) is 1.98. The minimum atomic E-state index is -3.45. The zero-order valence-corrected chi connectivity index (χ0v) is 13.9. The Hall–Kier alpha value is -1.28. The van der Waals surface area contributed by atoms with Crippen molar-refractivity contribution in [2.24, 2.45) is 5.41 Å². The average Bonchev–Trinajstić information content (AvgIpc) is 2.97. The molecule has 128 valence electrons. The lowest BCUT2D eigenvalue weighted by Gasteiger charge is -2.45. The third-order valence-corrected chi connectivity index (χ3v) is 6.88. The number of anilines is 1. The van der Waals surface area contributed by atoms with Gasteiger partial charge in [0.1, 0.15) is 0 Å². The molecule has 0 amide bonds. The summed E-state index contributed by atoms with van der Waals surface area (Å²) in [7, 11) is -3.45. The molecular formula is C15H21F2N3O2S. The first-order chi connectivity index (χ1) is 10.8. The van der Waals surface area contributed by atoms with E-state index in [1.54, 1.807) is 25.4 Å². The summed E-state index contributed by atoms with van der Waals surface area (Å²) in [5, 5.41) is 0. The van der Waals surface area contributed by atoms with Crippen LogP contribution in [0.1, 0.15) is 19.8 Å². The number of nitrogens with zero attached hydrogens (tertiary/aromatic N) is 3. The molecule has 0 unspecified atom stereocenters. The summed E-state index contributed by atoms with van der Waals surface area (Å²) >= 11 is 0. The monoisotopic (exact) mass is 345 g/mol. The Labute approximate surface area is 135 Å². The van der Waals surface area contributed by atoms with Crippen LogP contribution in [0.15, 0.2) is 24.5 Å². The van der Waals surface area contributed by atoms with Gasteiger partial charge in [-0.05, 0) is 25.5 Å². The number of halogens is 2. The van der Waals surface area contributed by atoms with E-state index in [0.29, 0.717) is 6.54 Å². The minimum Gasteiger partial charge on any atom is -0.369 e. The van der Waals surface area contributed by atoms with Gasteiger partial charge in [-0.2, -0.15) is 0 Å². The first-order valence-electron chi connectivity index (χ1n) is 7.80. The molecule has 1 spiro atoms. The number of piperidine rings is 1. The van der Waals surface area contributed by atoms with Crippen LogP contribution in [-0.4, -0.2) is 55.6 Å². The van der Waals surface area contributed by atoms with Gasteiger partial charge in [-0.25, -0.2) is 21.5 Å². The maximum atomic E-state index is 14.7. The van der Waals surface area contributed by atoms with Crippen molar-refractivity contribution in [3.05, 3.63) is 24.5 Å². The SMILES string of the molecule is CCS(=O)(=O)N1CCC(F)(F)[C@]2(CCN(c3cccnc3)C2)C1. The Morgan fingerprint density at radius 3 is 2.70 bits per heavy atom. The van der Waals surface area contributed by atoms with E-state index in [2.05, 4.69) is 4.98 Å². The quantitative estimate of drug-likeness (QED) is 0.840. The molecule has 0 aliphatic carbocycles. The van der Waals surface area contributed by atoms with Gasteiger partial charge in [-0.3, -0.25) is 4.98 Å². The van der Waals surface area contributed by atoms with E-state index < -0.39 is 27.8 Å². The fourth-order valence-corrected chi connectivity index (χ4v) is 4.72. The number of sulfonamides is 1. The van der Waals surface area contributed by atoms with Gasteiger partial charge < -0.3 is 4.90 Å². The molecule has 0 aromatic carbocycles. The van der Waals surface area contributed by atoms with Crippen LogP contribution in [0.2, 0.25) is 0 Å². The average molecular weight is 345 g/mol. The first kappa shape index (κ1) is 16.6. The van der Waals surface area contributed by atoms with Gasteiger partial charge in [0.25, 0.3) is 5.92 Å². The molecule has 2 saturated heterocycles. The molecule has 8 heteroatoms. The Bertz CT molecular complexity index is 669. The first-order valence-corrected chi connectivity index (χ1v) is 9.41. The molecule has 0 saturated carbocycles. The highest BCUT2D eigenvalue weighted by Gasteiger charge is 2.60. The Balaban J connectivity index is 1.86. The molecule has 1 atom stereocenters. The molecule has 5 nitrogen and oxygen atoms in total. The summed E-state index contributed by atoms with van der Waals surface area (Å²) < 4.78 is 54.8. The van der Waals surface area contributed by atoms with Gasteiger partial charge in [0.2, 0.25) is 10.0 Å². The van der Waals surface area contributed by atoms with E-state index in [9.17, 15) is 17.2 Å². The standard InChI is InChI=1S/C15H21F2N3O2S/c1-2-23(21,22)20-9-6-15(16,17)14(12-20)5-8-19(11-14)13-4-3-7-18-10-13/h3-4,7,10H,2,5-6,8-9,11-12H2,1H3/t14-/m0/s1. The highest BCUT2D eigenvalue weighted by molar-refractivity contribution is 7.89. The predicted octanol–water partition coefficient (Wildman–Crippen LogP) is 1.97. The summed E-state index contributed by atoms with van der Waals surface area (Å²) in [4.78, 5) is 5.91. The van der Waals surface area contributed by atoms with Crippen molar-refractivity contribution in [2.75, 3.05) is 36.8 Å². The van der Waals surface area contributed by atoms with Crippen LogP contribution < -0.4 is 4.90 Å². The lowest BCUT2D eigenvalue weighted by atomic mass is 9.76. The van der Waals surface area contributed by atoms with Crippen LogP contribution in [0.3, 0.4) is 0 Å². The van der Waals surface area contributed by atoms with Crippen LogP contribution in [0.4, 0.5) is 14.5 Å². The second kappa shape index (κ2) is 5.66. The van der Waals surface area contributed by atoms with E-state index in [1.807, 2.05) is 11.0 Å². The number of hydrogen-bond donors (Lipinski definition) is 0. The van der Waals surface area contributed by atoms with Crippen molar-refractivity contribution in [1.29, 1.82) is 0 Å². The number of hydrogen-bond acceptors (Lipinski definition) is 4. The van der Waals surface area contributed by atoms with E-state index in [-0.39, 0.29) is 31.8 Å². The maximum absolute atomic E-state index is 14.7. The molecule has 23 heavy (non-hydrogen) atoms. The zero-order valence-electron chi connectivity index (χ0n) is 13.1. The van der Waals surface area contributed by atoms with E-state index in [1.165, 1.54) is 4.31 Å². The number of aromatic nitrogens is 1. The number of rotatable bonds is 3. The zero-order chi connectivity index (χ0) is 16.7. The van der Waals surface area contributed by atoms with Gasteiger partial charge in [-0.1, -0.05) is 0 Å². The largest absolute Gasteiger partial charge is 0.369 e. The van der Waals surface area contributed by atoms with Crippen molar-refractivity contribution in [1.82, 2.24) is 9.29 Å². The second-order valence-electron chi connectivity index (χ2n) is 6.35.